The lowest BCUT2D eigenvalue weighted by Gasteiger charge is -2.28. The van der Waals surface area contributed by atoms with Gasteiger partial charge in [0, 0.05) is 16.3 Å². The van der Waals surface area contributed by atoms with Crippen LogP contribution in [0.25, 0.3) is 0 Å². The molecule has 1 aliphatic rings. The number of nitrogens with zero attached hydrogens (tertiary/aromatic N) is 1. The van der Waals surface area contributed by atoms with Crippen LogP contribution in [0.2, 0.25) is 10.0 Å². The number of carbonyl (C=O) groups excluding carboxylic acids is 2. The fourth-order valence-corrected chi connectivity index (χ4v) is 4.01. The summed E-state index contributed by atoms with van der Waals surface area (Å²) in [7, 11) is 1.26. The zero-order valence-electron chi connectivity index (χ0n) is 20.2. The van der Waals surface area contributed by atoms with E-state index in [2.05, 4.69) is 21.2 Å². The summed E-state index contributed by atoms with van der Waals surface area (Å²) >= 11 is 11.8. The fraction of sp³-hybridized carbons (Fsp3) is 0.292. The van der Waals surface area contributed by atoms with Crippen molar-refractivity contribution in [3.05, 3.63) is 62.8 Å². The minimum atomic E-state index is -1.22. The molecule has 2 amide bonds. The highest BCUT2D eigenvalue weighted by atomic mass is 35.5. The normalized spacial score (nSPS) is 16.2. The number of aliphatic hydroxyl groups excluding tert-OH is 1. The Labute approximate surface area is 223 Å². The molecule has 5 N–H and O–H groups in total. The molecule has 3 rings (SSSR count). The molecule has 0 radical (unpaired) electrons. The van der Waals surface area contributed by atoms with Crippen molar-refractivity contribution in [3.8, 4) is 17.2 Å². The Kier molecular flexibility index (Phi) is 9.45. The van der Waals surface area contributed by atoms with E-state index in [0.29, 0.717) is 34.4 Å². The van der Waals surface area contributed by atoms with Crippen LogP contribution in [0.4, 0.5) is 4.79 Å². The number of rotatable bonds is 10. The van der Waals surface area contributed by atoms with E-state index in [0.717, 1.165) is 0 Å². The van der Waals surface area contributed by atoms with E-state index in [4.69, 9.17) is 37.4 Å². The van der Waals surface area contributed by atoms with Crippen molar-refractivity contribution in [2.45, 2.75) is 26.1 Å². The molecule has 198 valence electrons. The smallest absolute Gasteiger partial charge is 0.337 e. The number of hydrogen-bond acceptors (Lipinski definition) is 9. The summed E-state index contributed by atoms with van der Waals surface area (Å²) < 4.78 is 16.2. The number of esters is 1. The number of hydrogen-bond donors (Lipinski definition) is 5. The molecule has 1 aliphatic heterocycles. The Morgan fingerprint density at radius 2 is 2.00 bits per heavy atom. The molecule has 2 atom stereocenters. The molecule has 11 nitrogen and oxygen atoms in total. The third kappa shape index (κ3) is 6.97. The number of allylic oxidation sites excluding steroid dienone is 1. The summed E-state index contributed by atoms with van der Waals surface area (Å²) in [5.41, 5.74) is 3.92. The Hall–Kier alpha value is -3.67. The van der Waals surface area contributed by atoms with Crippen molar-refractivity contribution < 1.29 is 34.0 Å². The van der Waals surface area contributed by atoms with Gasteiger partial charge in [-0.15, -0.1) is 0 Å². The van der Waals surface area contributed by atoms with Crippen molar-refractivity contribution >= 4 is 41.4 Å². The first-order valence-corrected chi connectivity index (χ1v) is 11.8. The maximum atomic E-state index is 12.4. The molecule has 1 heterocycles. The first-order chi connectivity index (χ1) is 17.6. The van der Waals surface area contributed by atoms with Crippen molar-refractivity contribution in [2.75, 3.05) is 20.3 Å². The molecule has 2 aromatic rings. The summed E-state index contributed by atoms with van der Waals surface area (Å²) in [5.74, 6) is -0.135. The zero-order chi connectivity index (χ0) is 27.1. The second-order valence-electron chi connectivity index (χ2n) is 7.74. The molecule has 0 saturated carbocycles. The van der Waals surface area contributed by atoms with Crippen LogP contribution < -0.4 is 25.5 Å². The average molecular weight is 553 g/mol. The molecule has 0 saturated heterocycles. The maximum Gasteiger partial charge on any atom is 0.337 e. The van der Waals surface area contributed by atoms with Crippen molar-refractivity contribution in [1.29, 1.82) is 0 Å². The van der Waals surface area contributed by atoms with Gasteiger partial charge in [-0.1, -0.05) is 29.3 Å². The Morgan fingerprint density at radius 1 is 1.24 bits per heavy atom. The number of ether oxygens (including phenoxy) is 3. The van der Waals surface area contributed by atoms with Gasteiger partial charge in [0.1, 0.15) is 12.4 Å². The van der Waals surface area contributed by atoms with Crippen LogP contribution in [0, 0.1) is 0 Å². The van der Waals surface area contributed by atoms with Crippen molar-refractivity contribution in [1.82, 2.24) is 16.1 Å². The van der Waals surface area contributed by atoms with Crippen LogP contribution in [-0.2, 0) is 9.53 Å². The summed E-state index contributed by atoms with van der Waals surface area (Å²) in [6.07, 6.45) is 0.0285. The van der Waals surface area contributed by atoms with Crippen LogP contribution in [0.5, 0.6) is 17.2 Å². The van der Waals surface area contributed by atoms with Gasteiger partial charge in [0.25, 0.3) is 0 Å². The molecular weight excluding hydrogens is 527 g/mol. The Balaban J connectivity index is 1.72. The van der Waals surface area contributed by atoms with Crippen molar-refractivity contribution in [3.63, 3.8) is 0 Å². The number of phenolic OH excluding ortho intramolecular Hbond substituents is 1. The van der Waals surface area contributed by atoms with Crippen molar-refractivity contribution in [2.24, 2.45) is 5.10 Å². The van der Waals surface area contributed by atoms with Gasteiger partial charge in [0.05, 0.1) is 36.6 Å². The number of methoxy groups -OCH3 is 1. The van der Waals surface area contributed by atoms with E-state index in [1.165, 1.54) is 25.5 Å². The molecule has 0 aliphatic carbocycles. The quantitative estimate of drug-likeness (QED) is 0.130. The Bertz CT molecular complexity index is 1240. The zero-order valence-corrected chi connectivity index (χ0v) is 21.7. The number of benzene rings is 2. The van der Waals surface area contributed by atoms with E-state index in [9.17, 15) is 19.8 Å². The molecular formula is C24H26Cl2N4O7. The maximum absolute atomic E-state index is 12.4. The van der Waals surface area contributed by atoms with Gasteiger partial charge in [-0.25, -0.2) is 9.59 Å². The SMILES string of the molecule is CCOc1cc([C@H]2NC(=O)NC(C)=C2C(=O)OC)ccc1OC[C@H](O)N/N=C\c1cc(Cl)cc(Cl)c1O. The first-order valence-electron chi connectivity index (χ1n) is 11.0. The Morgan fingerprint density at radius 3 is 2.70 bits per heavy atom. The van der Waals surface area contributed by atoms with E-state index in [1.54, 1.807) is 32.0 Å². The first kappa shape index (κ1) is 27.9. The number of aliphatic hydroxyl groups is 1. The molecule has 0 bridgehead atoms. The lowest BCUT2D eigenvalue weighted by atomic mass is 9.95. The molecule has 0 unspecified atom stereocenters. The fourth-order valence-electron chi connectivity index (χ4n) is 3.50. The van der Waals surface area contributed by atoms with E-state index < -0.39 is 24.3 Å². The summed E-state index contributed by atoms with van der Waals surface area (Å²) in [5, 5.41) is 29.7. The number of aromatic hydroxyl groups is 1. The number of amides is 2. The predicted molar refractivity (Wildman–Crippen MR) is 137 cm³/mol. The van der Waals surface area contributed by atoms with Gasteiger partial charge in [0.2, 0.25) is 0 Å². The number of halogens is 2. The third-order valence-electron chi connectivity index (χ3n) is 5.16. The average Bonchev–Trinajstić information content (AvgIpc) is 2.85. The summed E-state index contributed by atoms with van der Waals surface area (Å²) in [4.78, 5) is 24.4. The van der Waals surface area contributed by atoms with Crippen LogP contribution >= 0.6 is 23.2 Å². The standard InChI is InChI=1S/C24H26Cl2N4O7/c1-4-36-18-8-13(21-20(23(33)35-3)12(2)28-24(34)29-21)5-6-17(18)37-11-19(31)30-27-10-14-7-15(25)9-16(26)22(14)32/h5-10,19,21,30-32H,4,11H2,1-3H3,(H2,28,29,34)/b27-10-/t19-,21+/m0/s1. The highest BCUT2D eigenvalue weighted by Gasteiger charge is 2.32. The highest BCUT2D eigenvalue weighted by Crippen LogP contribution is 2.35. The molecule has 0 fully saturated rings. The topological polar surface area (TPSA) is 151 Å². The highest BCUT2D eigenvalue weighted by molar-refractivity contribution is 6.36. The summed E-state index contributed by atoms with van der Waals surface area (Å²) in [6, 6.07) is 6.51. The van der Waals surface area contributed by atoms with Gasteiger partial charge in [-0.05, 0) is 43.7 Å². The number of phenols is 1. The lowest BCUT2D eigenvalue weighted by molar-refractivity contribution is -0.136. The monoisotopic (exact) mass is 552 g/mol. The molecule has 0 spiro atoms. The van der Waals surface area contributed by atoms with E-state index in [-0.39, 0.29) is 28.5 Å². The number of nitrogens with one attached hydrogen (secondary N) is 3. The minimum absolute atomic E-state index is 0.0677. The third-order valence-corrected chi connectivity index (χ3v) is 5.66. The second kappa shape index (κ2) is 12.5. The van der Waals surface area contributed by atoms with E-state index >= 15 is 0 Å². The van der Waals surface area contributed by atoms with Gasteiger partial charge in [0.15, 0.2) is 17.7 Å². The second-order valence-corrected chi connectivity index (χ2v) is 8.58. The number of urea groups is 1. The summed E-state index contributed by atoms with van der Waals surface area (Å²) in [6.45, 7) is 3.50. The van der Waals surface area contributed by atoms with Gasteiger partial charge >= 0.3 is 12.0 Å². The van der Waals surface area contributed by atoms with Gasteiger partial charge in [-0.2, -0.15) is 5.10 Å². The molecule has 13 heteroatoms. The largest absolute Gasteiger partial charge is 0.506 e. The van der Waals surface area contributed by atoms with Crippen LogP contribution in [0.1, 0.15) is 31.0 Å². The van der Waals surface area contributed by atoms with Gasteiger partial charge in [-0.3, -0.25) is 5.43 Å². The van der Waals surface area contributed by atoms with Crippen LogP contribution in [-0.4, -0.2) is 55.0 Å². The minimum Gasteiger partial charge on any atom is -0.506 e. The number of carbonyl (C=O) groups is 2. The molecule has 2 aromatic carbocycles. The van der Waals surface area contributed by atoms with Crippen LogP contribution in [0.15, 0.2) is 46.7 Å². The van der Waals surface area contributed by atoms with Crippen LogP contribution in [0.3, 0.4) is 0 Å². The lowest BCUT2D eigenvalue weighted by Crippen LogP contribution is -2.45. The molecule has 0 aromatic heterocycles. The predicted octanol–water partition coefficient (Wildman–Crippen LogP) is 3.22. The van der Waals surface area contributed by atoms with Gasteiger partial charge < -0.3 is 35.1 Å². The number of hydrazone groups is 1. The molecule has 37 heavy (non-hydrogen) atoms. The van der Waals surface area contributed by atoms with E-state index in [1.807, 2.05) is 0 Å².